The predicted octanol–water partition coefficient (Wildman–Crippen LogP) is 4.28. The summed E-state index contributed by atoms with van der Waals surface area (Å²) in [5.41, 5.74) is 0. The van der Waals surface area contributed by atoms with E-state index in [1.54, 1.807) is 5.19 Å². The summed E-state index contributed by atoms with van der Waals surface area (Å²) in [7, 11) is -1.44. The molecule has 0 spiro atoms. The van der Waals surface area contributed by atoms with E-state index in [1.807, 2.05) is 0 Å². The number of allylic oxidation sites excluding steroid dienone is 1. The Balaban J connectivity index is 3.15. The Morgan fingerprint density at radius 2 is 1.56 bits per heavy atom. The molecule has 0 amide bonds. The smallest absolute Gasteiger partial charge is 0.104 e. The van der Waals surface area contributed by atoms with E-state index in [-0.39, 0.29) is 0 Å². The van der Waals surface area contributed by atoms with Gasteiger partial charge in [-0.05, 0) is 19.0 Å². The maximum Gasteiger partial charge on any atom is 0.112 e. The second kappa shape index (κ2) is 6.05. The van der Waals surface area contributed by atoms with Gasteiger partial charge in [0.25, 0.3) is 0 Å². The molecule has 0 saturated heterocycles. The highest BCUT2D eigenvalue weighted by molar-refractivity contribution is 6.97. The van der Waals surface area contributed by atoms with Crippen molar-refractivity contribution in [3.8, 4) is 0 Å². The molecule has 0 bridgehead atoms. The largest absolute Gasteiger partial charge is 0.112 e. The first-order chi connectivity index (χ1) is 7.67. The molecular formula is C15H24Si. The van der Waals surface area contributed by atoms with E-state index in [4.69, 9.17) is 0 Å². The van der Waals surface area contributed by atoms with Gasteiger partial charge in [-0.2, -0.15) is 0 Å². The van der Waals surface area contributed by atoms with Crippen molar-refractivity contribution in [2.45, 2.75) is 45.7 Å². The quantitative estimate of drug-likeness (QED) is 0.642. The fourth-order valence-electron chi connectivity index (χ4n) is 2.70. The Morgan fingerprint density at radius 3 is 1.94 bits per heavy atom. The molecule has 1 aromatic carbocycles. The first kappa shape index (κ1) is 13.2. The van der Waals surface area contributed by atoms with Crippen LogP contribution >= 0.6 is 0 Å². The topological polar surface area (TPSA) is 0 Å². The van der Waals surface area contributed by atoms with E-state index < -0.39 is 8.07 Å². The molecule has 0 nitrogen and oxygen atoms in total. The van der Waals surface area contributed by atoms with E-state index in [2.05, 4.69) is 57.7 Å². The first-order valence-corrected chi connectivity index (χ1v) is 8.80. The summed E-state index contributed by atoms with van der Waals surface area (Å²) in [5, 5.41) is 3.02. The Bertz CT molecular complexity index is 321. The molecule has 16 heavy (non-hydrogen) atoms. The minimum Gasteiger partial charge on any atom is -0.104 e. The van der Waals surface area contributed by atoms with E-state index in [9.17, 15) is 0 Å². The van der Waals surface area contributed by atoms with Gasteiger partial charge in [0.05, 0.1) is 0 Å². The molecular weight excluding hydrogens is 208 g/mol. The number of rotatable bonds is 6. The Kier molecular flexibility index (Phi) is 5.00. The van der Waals surface area contributed by atoms with Gasteiger partial charge in [-0.3, -0.25) is 0 Å². The minimum atomic E-state index is -1.44. The molecule has 88 valence electrons. The van der Waals surface area contributed by atoms with E-state index in [0.29, 0.717) is 0 Å². The lowest BCUT2D eigenvalue weighted by atomic mass is 10.4. The molecule has 0 aliphatic rings. The van der Waals surface area contributed by atoms with Crippen LogP contribution in [0.3, 0.4) is 0 Å². The van der Waals surface area contributed by atoms with Crippen LogP contribution in [0.1, 0.15) is 33.6 Å². The predicted molar refractivity (Wildman–Crippen MR) is 76.8 cm³/mol. The summed E-state index contributed by atoms with van der Waals surface area (Å²) in [5.74, 6) is 0. The van der Waals surface area contributed by atoms with Crippen LogP contribution in [0.4, 0.5) is 0 Å². The molecule has 0 aliphatic carbocycles. The summed E-state index contributed by atoms with van der Waals surface area (Å²) in [6.45, 7) is 11.1. The second-order valence-corrected chi connectivity index (χ2v) is 9.32. The summed E-state index contributed by atoms with van der Waals surface area (Å²) in [6.07, 6.45) is 2.54. The van der Waals surface area contributed by atoms with E-state index >= 15 is 0 Å². The monoisotopic (exact) mass is 232 g/mol. The maximum absolute atomic E-state index is 4.30. The standard InChI is InChI=1S/C15H24Si/c1-5-12-16(13-6-2,14(3)4)15-10-8-7-9-11-15/h7-11H,3,5-6,12-13H2,1-2,4H3. The van der Waals surface area contributed by atoms with E-state index in [1.165, 1.54) is 30.1 Å². The zero-order valence-corrected chi connectivity index (χ0v) is 11.9. The van der Waals surface area contributed by atoms with Crippen LogP contribution in [0, 0.1) is 0 Å². The van der Waals surface area contributed by atoms with Crippen molar-refractivity contribution >= 4 is 13.3 Å². The highest BCUT2D eigenvalue weighted by Gasteiger charge is 2.33. The van der Waals surface area contributed by atoms with Crippen molar-refractivity contribution < 1.29 is 0 Å². The molecule has 0 fully saturated rings. The number of hydrogen-bond acceptors (Lipinski definition) is 0. The lowest BCUT2D eigenvalue weighted by Crippen LogP contribution is -2.48. The number of hydrogen-bond donors (Lipinski definition) is 0. The van der Waals surface area contributed by atoms with Gasteiger partial charge in [0.15, 0.2) is 0 Å². The van der Waals surface area contributed by atoms with E-state index in [0.717, 1.165) is 0 Å². The summed E-state index contributed by atoms with van der Waals surface area (Å²) >= 11 is 0. The van der Waals surface area contributed by atoms with Crippen molar-refractivity contribution in [3.63, 3.8) is 0 Å². The van der Waals surface area contributed by atoms with Gasteiger partial charge in [-0.15, -0.1) is 6.58 Å². The Hall–Kier alpha value is -0.823. The SMILES string of the molecule is C=C(C)[Si](CCC)(CCC)c1ccccc1. The molecule has 0 radical (unpaired) electrons. The lowest BCUT2D eigenvalue weighted by molar-refractivity contribution is 0.989. The van der Waals surface area contributed by atoms with Crippen molar-refractivity contribution in [2.75, 3.05) is 0 Å². The highest BCUT2D eigenvalue weighted by Crippen LogP contribution is 2.26. The zero-order chi connectivity index (χ0) is 12.0. The van der Waals surface area contributed by atoms with Gasteiger partial charge in [-0.1, -0.05) is 67.4 Å². The maximum atomic E-state index is 4.30. The van der Waals surface area contributed by atoms with Crippen molar-refractivity contribution in [1.82, 2.24) is 0 Å². The van der Waals surface area contributed by atoms with Gasteiger partial charge in [0.2, 0.25) is 0 Å². The first-order valence-electron chi connectivity index (χ1n) is 6.39. The van der Waals surface area contributed by atoms with Crippen LogP contribution in [-0.2, 0) is 0 Å². The fraction of sp³-hybridized carbons (Fsp3) is 0.467. The summed E-state index contributed by atoms with van der Waals surface area (Å²) in [6, 6.07) is 13.8. The summed E-state index contributed by atoms with van der Waals surface area (Å²) < 4.78 is 0. The van der Waals surface area contributed by atoms with Crippen molar-refractivity contribution in [1.29, 1.82) is 0 Å². The molecule has 0 aliphatic heterocycles. The zero-order valence-electron chi connectivity index (χ0n) is 10.9. The molecule has 0 saturated carbocycles. The molecule has 0 unspecified atom stereocenters. The highest BCUT2D eigenvalue weighted by atomic mass is 28.3. The third-order valence-corrected chi connectivity index (χ3v) is 9.28. The molecule has 0 aromatic heterocycles. The van der Waals surface area contributed by atoms with Crippen molar-refractivity contribution in [3.05, 3.63) is 42.1 Å². The van der Waals surface area contributed by atoms with Gasteiger partial charge >= 0.3 is 0 Å². The Labute approximate surface area is 101 Å². The molecule has 0 N–H and O–H groups in total. The van der Waals surface area contributed by atoms with Crippen LogP contribution in [0.25, 0.3) is 0 Å². The van der Waals surface area contributed by atoms with Crippen molar-refractivity contribution in [2.24, 2.45) is 0 Å². The van der Waals surface area contributed by atoms with Gasteiger partial charge in [0.1, 0.15) is 8.07 Å². The molecule has 0 atom stereocenters. The van der Waals surface area contributed by atoms with Gasteiger partial charge in [0, 0.05) is 0 Å². The van der Waals surface area contributed by atoms with Crippen LogP contribution in [0.5, 0.6) is 0 Å². The summed E-state index contributed by atoms with van der Waals surface area (Å²) in [4.78, 5) is 0. The van der Waals surface area contributed by atoms with Gasteiger partial charge in [-0.25, -0.2) is 0 Å². The fourth-order valence-corrected chi connectivity index (χ4v) is 7.41. The van der Waals surface area contributed by atoms with Crippen LogP contribution in [0.15, 0.2) is 42.1 Å². The van der Waals surface area contributed by atoms with Crippen LogP contribution in [0.2, 0.25) is 12.1 Å². The molecule has 1 heteroatoms. The third-order valence-electron chi connectivity index (χ3n) is 3.50. The lowest BCUT2D eigenvalue weighted by Gasteiger charge is -2.32. The van der Waals surface area contributed by atoms with Crippen LogP contribution in [-0.4, -0.2) is 8.07 Å². The number of benzene rings is 1. The Morgan fingerprint density at radius 1 is 1.06 bits per heavy atom. The average Bonchev–Trinajstić information content (AvgIpc) is 2.29. The van der Waals surface area contributed by atoms with Gasteiger partial charge < -0.3 is 0 Å². The normalized spacial score (nSPS) is 11.4. The third kappa shape index (κ3) is 2.65. The minimum absolute atomic E-state index is 1.27. The van der Waals surface area contributed by atoms with Crippen LogP contribution < -0.4 is 5.19 Å². The molecule has 0 heterocycles. The average molecular weight is 232 g/mol. The molecule has 1 rings (SSSR count). The second-order valence-electron chi connectivity index (χ2n) is 4.73. The molecule has 1 aromatic rings.